The molecule has 0 aromatic carbocycles. The highest BCUT2D eigenvalue weighted by molar-refractivity contribution is 7.92. The maximum Gasteiger partial charge on any atom is 0.200 e. The average molecular weight is 254 g/mol. The quantitative estimate of drug-likeness (QED) is 0.876. The molecule has 1 aliphatic rings. The first-order valence-electron chi connectivity index (χ1n) is 5.96. The van der Waals surface area contributed by atoms with Gasteiger partial charge in [-0.1, -0.05) is 19.8 Å². The number of rotatable bonds is 2. The zero-order chi connectivity index (χ0) is 12.5. The minimum Gasteiger partial charge on any atom is -0.396 e. The Morgan fingerprint density at radius 1 is 1.41 bits per heavy atom. The van der Waals surface area contributed by atoms with Crippen molar-refractivity contribution < 1.29 is 8.42 Å². The van der Waals surface area contributed by atoms with Crippen LogP contribution >= 0.6 is 0 Å². The van der Waals surface area contributed by atoms with Gasteiger partial charge >= 0.3 is 0 Å². The number of nitrogens with zero attached hydrogens (tertiary/aromatic N) is 1. The van der Waals surface area contributed by atoms with Gasteiger partial charge in [0.2, 0.25) is 9.84 Å². The Kier molecular flexibility index (Phi) is 3.38. The molecule has 1 saturated carbocycles. The molecule has 4 nitrogen and oxygen atoms in total. The molecule has 2 atom stereocenters. The van der Waals surface area contributed by atoms with Gasteiger partial charge in [0.15, 0.2) is 5.03 Å². The van der Waals surface area contributed by atoms with Crippen molar-refractivity contribution >= 4 is 15.5 Å². The number of aromatic nitrogens is 1. The molecule has 2 unspecified atom stereocenters. The molecule has 0 amide bonds. The Bertz CT molecular complexity index is 499. The lowest BCUT2D eigenvalue weighted by Crippen LogP contribution is -2.28. The summed E-state index contributed by atoms with van der Waals surface area (Å²) in [6.07, 6.45) is 5.01. The topological polar surface area (TPSA) is 73.0 Å². The first-order valence-corrected chi connectivity index (χ1v) is 7.51. The second-order valence-corrected chi connectivity index (χ2v) is 6.98. The third-order valence-corrected chi connectivity index (χ3v) is 5.58. The van der Waals surface area contributed by atoms with Crippen LogP contribution in [0.15, 0.2) is 23.4 Å². The Labute approximate surface area is 102 Å². The monoisotopic (exact) mass is 254 g/mol. The van der Waals surface area contributed by atoms with E-state index in [-0.39, 0.29) is 16.0 Å². The molecule has 0 radical (unpaired) electrons. The molecule has 5 heteroatoms. The molecule has 1 aromatic rings. The van der Waals surface area contributed by atoms with Crippen LogP contribution in [0.1, 0.15) is 32.6 Å². The van der Waals surface area contributed by atoms with Crippen molar-refractivity contribution in [2.24, 2.45) is 5.92 Å². The number of anilines is 1. The van der Waals surface area contributed by atoms with E-state index in [1.807, 2.05) is 0 Å². The van der Waals surface area contributed by atoms with E-state index >= 15 is 0 Å². The van der Waals surface area contributed by atoms with E-state index in [0.717, 1.165) is 25.7 Å². The van der Waals surface area contributed by atoms with Gasteiger partial charge in [-0.3, -0.25) is 0 Å². The second-order valence-electron chi connectivity index (χ2n) is 4.84. The largest absolute Gasteiger partial charge is 0.396 e. The van der Waals surface area contributed by atoms with E-state index in [1.54, 1.807) is 12.1 Å². The first-order chi connectivity index (χ1) is 8.01. The molecule has 0 aliphatic heterocycles. The summed E-state index contributed by atoms with van der Waals surface area (Å²) in [7, 11) is -3.36. The molecular weight excluding hydrogens is 236 g/mol. The number of hydrogen-bond acceptors (Lipinski definition) is 4. The van der Waals surface area contributed by atoms with Crippen LogP contribution in [0.2, 0.25) is 0 Å². The number of pyridine rings is 1. The molecule has 1 heterocycles. The van der Waals surface area contributed by atoms with Crippen molar-refractivity contribution in [3.05, 3.63) is 18.3 Å². The van der Waals surface area contributed by atoms with Crippen molar-refractivity contribution in [3.8, 4) is 0 Å². The zero-order valence-electron chi connectivity index (χ0n) is 9.96. The fourth-order valence-electron chi connectivity index (χ4n) is 2.46. The van der Waals surface area contributed by atoms with Gasteiger partial charge in [0.1, 0.15) is 0 Å². The Morgan fingerprint density at radius 3 is 2.82 bits per heavy atom. The van der Waals surface area contributed by atoms with E-state index in [4.69, 9.17) is 5.73 Å². The van der Waals surface area contributed by atoms with Crippen LogP contribution in [0.3, 0.4) is 0 Å². The number of hydrogen-bond donors (Lipinski definition) is 1. The maximum absolute atomic E-state index is 12.4. The Morgan fingerprint density at radius 2 is 2.18 bits per heavy atom. The molecule has 1 aliphatic carbocycles. The summed E-state index contributed by atoms with van der Waals surface area (Å²) in [6, 6.07) is 3.24. The van der Waals surface area contributed by atoms with Crippen molar-refractivity contribution in [1.82, 2.24) is 4.98 Å². The van der Waals surface area contributed by atoms with Gasteiger partial charge in [0, 0.05) is 6.20 Å². The minimum atomic E-state index is -3.36. The third kappa shape index (κ3) is 2.44. The fraction of sp³-hybridized carbons (Fsp3) is 0.583. The SMILES string of the molecule is CC1CCCC(S(=O)(=O)c2ncccc2N)C1. The smallest absolute Gasteiger partial charge is 0.200 e. The standard InChI is InChI=1S/C12H18N2O2S/c1-9-4-2-5-10(8-9)17(15,16)12-11(13)6-3-7-14-12/h3,6-7,9-10H,2,4-5,8,13H2,1H3. The van der Waals surface area contributed by atoms with Crippen LogP contribution in [0.5, 0.6) is 0 Å². The molecule has 0 saturated heterocycles. The lowest BCUT2D eigenvalue weighted by Gasteiger charge is -2.26. The molecule has 1 aromatic heterocycles. The van der Waals surface area contributed by atoms with Crippen LogP contribution < -0.4 is 5.73 Å². The highest BCUT2D eigenvalue weighted by Crippen LogP contribution is 2.32. The first kappa shape index (κ1) is 12.4. The Balaban J connectivity index is 2.33. The van der Waals surface area contributed by atoms with E-state index in [2.05, 4.69) is 11.9 Å². The minimum absolute atomic E-state index is 0.0547. The predicted octanol–water partition coefficient (Wildman–Crippen LogP) is 2.02. The van der Waals surface area contributed by atoms with E-state index in [1.165, 1.54) is 6.20 Å². The highest BCUT2D eigenvalue weighted by atomic mass is 32.2. The lowest BCUT2D eigenvalue weighted by atomic mass is 9.91. The number of nitrogens with two attached hydrogens (primary N) is 1. The molecule has 0 bridgehead atoms. The highest BCUT2D eigenvalue weighted by Gasteiger charge is 2.33. The average Bonchev–Trinajstić information content (AvgIpc) is 2.29. The second kappa shape index (κ2) is 4.64. The predicted molar refractivity (Wildman–Crippen MR) is 67.3 cm³/mol. The Hall–Kier alpha value is -1.10. The van der Waals surface area contributed by atoms with Gasteiger partial charge in [-0.05, 0) is 30.9 Å². The summed E-state index contributed by atoms with van der Waals surface area (Å²) in [4.78, 5) is 3.94. The van der Waals surface area contributed by atoms with Gasteiger partial charge in [-0.15, -0.1) is 0 Å². The maximum atomic E-state index is 12.4. The fourth-order valence-corrected chi connectivity index (χ4v) is 4.44. The van der Waals surface area contributed by atoms with Gasteiger partial charge < -0.3 is 5.73 Å². The van der Waals surface area contributed by atoms with Crippen molar-refractivity contribution in [2.75, 3.05) is 5.73 Å². The number of sulfone groups is 1. The van der Waals surface area contributed by atoms with Crippen LogP contribution in [-0.2, 0) is 9.84 Å². The molecule has 17 heavy (non-hydrogen) atoms. The van der Waals surface area contributed by atoms with Crippen molar-refractivity contribution in [3.63, 3.8) is 0 Å². The zero-order valence-corrected chi connectivity index (χ0v) is 10.8. The summed E-state index contributed by atoms with van der Waals surface area (Å²) >= 11 is 0. The van der Waals surface area contributed by atoms with Gasteiger partial charge in [0.05, 0.1) is 10.9 Å². The van der Waals surface area contributed by atoms with Gasteiger partial charge in [0.25, 0.3) is 0 Å². The van der Waals surface area contributed by atoms with Crippen LogP contribution in [0.4, 0.5) is 5.69 Å². The molecule has 1 fully saturated rings. The molecule has 2 rings (SSSR count). The van der Waals surface area contributed by atoms with Crippen LogP contribution in [0.25, 0.3) is 0 Å². The molecule has 0 spiro atoms. The third-order valence-electron chi connectivity index (χ3n) is 3.40. The summed E-state index contributed by atoms with van der Waals surface area (Å²) in [5.41, 5.74) is 5.96. The van der Waals surface area contributed by atoms with E-state index < -0.39 is 9.84 Å². The summed E-state index contributed by atoms with van der Waals surface area (Å²) < 4.78 is 24.8. The van der Waals surface area contributed by atoms with Crippen molar-refractivity contribution in [1.29, 1.82) is 0 Å². The van der Waals surface area contributed by atoms with Crippen LogP contribution in [-0.4, -0.2) is 18.7 Å². The van der Waals surface area contributed by atoms with Crippen LogP contribution in [0, 0.1) is 5.92 Å². The van der Waals surface area contributed by atoms with E-state index in [9.17, 15) is 8.42 Å². The number of nitrogen functional groups attached to an aromatic ring is 1. The van der Waals surface area contributed by atoms with E-state index in [0.29, 0.717) is 5.92 Å². The molecule has 2 N–H and O–H groups in total. The molecule has 94 valence electrons. The van der Waals surface area contributed by atoms with Gasteiger partial charge in [-0.25, -0.2) is 13.4 Å². The lowest BCUT2D eigenvalue weighted by molar-refractivity contribution is 0.381. The van der Waals surface area contributed by atoms with Crippen molar-refractivity contribution in [2.45, 2.75) is 42.9 Å². The molecular formula is C12H18N2O2S. The summed E-state index contributed by atoms with van der Waals surface area (Å²) in [6.45, 7) is 2.10. The normalized spacial score (nSPS) is 25.7. The van der Waals surface area contributed by atoms with Gasteiger partial charge in [-0.2, -0.15) is 0 Å². The summed E-state index contributed by atoms with van der Waals surface area (Å²) in [5, 5.41) is -0.262. The summed E-state index contributed by atoms with van der Waals surface area (Å²) in [5.74, 6) is 0.466.